The number of hydrogen-bond acceptors (Lipinski definition) is 4. The Morgan fingerprint density at radius 3 is 3.00 bits per heavy atom. The number of amides is 1. The monoisotopic (exact) mass is 223 g/mol. The molecule has 0 spiro atoms. The van der Waals surface area contributed by atoms with E-state index in [0.29, 0.717) is 12.5 Å². The SMILES string of the molecule is C[C@@H]1CNC[C@H]1C(=O)N(C)Cc1ncn[nH]1. The van der Waals surface area contributed by atoms with E-state index in [0.717, 1.165) is 18.9 Å². The average Bonchev–Trinajstić information content (AvgIpc) is 2.88. The van der Waals surface area contributed by atoms with Gasteiger partial charge in [-0.25, -0.2) is 4.98 Å². The van der Waals surface area contributed by atoms with Crippen LogP contribution in [0.1, 0.15) is 12.7 Å². The Morgan fingerprint density at radius 1 is 1.62 bits per heavy atom. The van der Waals surface area contributed by atoms with Crippen molar-refractivity contribution in [2.24, 2.45) is 11.8 Å². The molecule has 0 unspecified atom stereocenters. The highest BCUT2D eigenvalue weighted by molar-refractivity contribution is 5.79. The predicted octanol–water partition coefficient (Wildman–Crippen LogP) is -0.381. The third kappa shape index (κ3) is 2.21. The number of hydrogen-bond donors (Lipinski definition) is 2. The number of nitrogens with one attached hydrogen (secondary N) is 2. The first-order valence-electron chi connectivity index (χ1n) is 5.48. The molecule has 1 fully saturated rings. The topological polar surface area (TPSA) is 73.9 Å². The summed E-state index contributed by atoms with van der Waals surface area (Å²) in [7, 11) is 1.80. The van der Waals surface area contributed by atoms with Crippen molar-refractivity contribution in [1.29, 1.82) is 0 Å². The Bertz CT molecular complexity index is 350. The van der Waals surface area contributed by atoms with E-state index in [-0.39, 0.29) is 11.8 Å². The van der Waals surface area contributed by atoms with Gasteiger partial charge in [-0.2, -0.15) is 5.10 Å². The number of aromatic nitrogens is 3. The number of rotatable bonds is 3. The summed E-state index contributed by atoms with van der Waals surface area (Å²) >= 11 is 0. The Hall–Kier alpha value is -1.43. The van der Waals surface area contributed by atoms with Gasteiger partial charge in [-0.3, -0.25) is 9.89 Å². The Labute approximate surface area is 94.4 Å². The number of carbonyl (C=O) groups is 1. The first-order chi connectivity index (χ1) is 7.68. The van der Waals surface area contributed by atoms with E-state index in [1.54, 1.807) is 11.9 Å². The third-order valence-electron chi connectivity index (χ3n) is 3.06. The minimum absolute atomic E-state index is 0.0907. The van der Waals surface area contributed by atoms with Gasteiger partial charge in [-0.05, 0) is 12.5 Å². The smallest absolute Gasteiger partial charge is 0.227 e. The molecule has 2 heterocycles. The van der Waals surface area contributed by atoms with Crippen LogP contribution in [0.5, 0.6) is 0 Å². The number of H-pyrrole nitrogens is 1. The summed E-state index contributed by atoms with van der Waals surface area (Å²) in [6, 6.07) is 0. The first kappa shape index (κ1) is 11.1. The molecule has 1 saturated heterocycles. The highest BCUT2D eigenvalue weighted by atomic mass is 16.2. The largest absolute Gasteiger partial charge is 0.338 e. The van der Waals surface area contributed by atoms with Gasteiger partial charge in [0, 0.05) is 13.6 Å². The number of aromatic amines is 1. The summed E-state index contributed by atoms with van der Waals surface area (Å²) in [5.74, 6) is 1.39. The van der Waals surface area contributed by atoms with Gasteiger partial charge in [0.15, 0.2) is 0 Å². The normalized spacial score (nSPS) is 24.6. The molecule has 88 valence electrons. The number of carbonyl (C=O) groups excluding carboxylic acids is 1. The second kappa shape index (κ2) is 4.61. The van der Waals surface area contributed by atoms with Crippen molar-refractivity contribution in [2.45, 2.75) is 13.5 Å². The van der Waals surface area contributed by atoms with E-state index in [9.17, 15) is 4.79 Å². The lowest BCUT2D eigenvalue weighted by molar-refractivity contribution is -0.135. The molecule has 0 aliphatic carbocycles. The molecular formula is C10H17N5O. The molecule has 16 heavy (non-hydrogen) atoms. The summed E-state index contributed by atoms with van der Waals surface area (Å²) in [6.07, 6.45) is 1.45. The van der Waals surface area contributed by atoms with Crippen molar-refractivity contribution in [3.05, 3.63) is 12.2 Å². The molecule has 0 aromatic carbocycles. The zero-order valence-electron chi connectivity index (χ0n) is 9.60. The molecule has 6 heteroatoms. The predicted molar refractivity (Wildman–Crippen MR) is 58.4 cm³/mol. The van der Waals surface area contributed by atoms with Crippen molar-refractivity contribution >= 4 is 5.91 Å². The van der Waals surface area contributed by atoms with E-state index in [1.165, 1.54) is 6.33 Å². The molecule has 1 aromatic heterocycles. The van der Waals surface area contributed by atoms with Crippen LogP contribution in [-0.2, 0) is 11.3 Å². The molecule has 1 aromatic rings. The quantitative estimate of drug-likeness (QED) is 0.732. The Balaban J connectivity index is 1.94. The van der Waals surface area contributed by atoms with E-state index in [4.69, 9.17) is 0 Å². The molecule has 2 atom stereocenters. The van der Waals surface area contributed by atoms with E-state index in [2.05, 4.69) is 27.4 Å². The summed E-state index contributed by atoms with van der Waals surface area (Å²) in [5.41, 5.74) is 0. The van der Waals surface area contributed by atoms with E-state index >= 15 is 0 Å². The van der Waals surface area contributed by atoms with Crippen molar-refractivity contribution in [1.82, 2.24) is 25.4 Å². The van der Waals surface area contributed by atoms with Crippen LogP contribution in [0.2, 0.25) is 0 Å². The van der Waals surface area contributed by atoms with Gasteiger partial charge < -0.3 is 10.2 Å². The molecule has 0 radical (unpaired) electrons. The lowest BCUT2D eigenvalue weighted by Gasteiger charge is -2.21. The molecule has 2 rings (SSSR count). The van der Waals surface area contributed by atoms with Gasteiger partial charge in [-0.15, -0.1) is 0 Å². The maximum atomic E-state index is 12.1. The van der Waals surface area contributed by atoms with E-state index in [1.807, 2.05) is 0 Å². The fraction of sp³-hybridized carbons (Fsp3) is 0.700. The van der Waals surface area contributed by atoms with Gasteiger partial charge in [0.25, 0.3) is 0 Å². The van der Waals surface area contributed by atoms with Crippen LogP contribution in [-0.4, -0.2) is 46.1 Å². The Kier molecular flexibility index (Phi) is 3.19. The summed E-state index contributed by atoms with van der Waals surface area (Å²) in [6.45, 7) is 4.29. The zero-order valence-corrected chi connectivity index (χ0v) is 9.60. The molecule has 6 nitrogen and oxygen atoms in total. The van der Waals surface area contributed by atoms with Gasteiger partial charge in [0.05, 0.1) is 12.5 Å². The molecule has 1 aliphatic rings. The first-order valence-corrected chi connectivity index (χ1v) is 5.48. The second-order valence-corrected chi connectivity index (χ2v) is 4.37. The molecule has 0 saturated carbocycles. The van der Waals surface area contributed by atoms with Crippen LogP contribution in [0.15, 0.2) is 6.33 Å². The van der Waals surface area contributed by atoms with Crippen LogP contribution in [0.3, 0.4) is 0 Å². The van der Waals surface area contributed by atoms with Crippen molar-refractivity contribution in [3.8, 4) is 0 Å². The Morgan fingerprint density at radius 2 is 2.44 bits per heavy atom. The van der Waals surface area contributed by atoms with Crippen molar-refractivity contribution in [3.63, 3.8) is 0 Å². The van der Waals surface area contributed by atoms with Gasteiger partial charge >= 0.3 is 0 Å². The zero-order chi connectivity index (χ0) is 11.5. The van der Waals surface area contributed by atoms with Crippen molar-refractivity contribution in [2.75, 3.05) is 20.1 Å². The van der Waals surface area contributed by atoms with E-state index < -0.39 is 0 Å². The fourth-order valence-corrected chi connectivity index (χ4v) is 2.03. The van der Waals surface area contributed by atoms with Gasteiger partial charge in [-0.1, -0.05) is 6.92 Å². The lowest BCUT2D eigenvalue weighted by atomic mass is 9.97. The second-order valence-electron chi connectivity index (χ2n) is 4.37. The maximum Gasteiger partial charge on any atom is 0.227 e. The summed E-state index contributed by atoms with van der Waals surface area (Å²) in [5, 5.41) is 9.75. The highest BCUT2D eigenvalue weighted by Gasteiger charge is 2.31. The highest BCUT2D eigenvalue weighted by Crippen LogP contribution is 2.18. The lowest BCUT2D eigenvalue weighted by Crippen LogP contribution is -2.35. The van der Waals surface area contributed by atoms with Crippen molar-refractivity contribution < 1.29 is 4.79 Å². The minimum atomic E-state index is 0.0907. The van der Waals surface area contributed by atoms with Crippen LogP contribution >= 0.6 is 0 Å². The molecule has 0 bridgehead atoms. The maximum absolute atomic E-state index is 12.1. The summed E-state index contributed by atoms with van der Waals surface area (Å²) < 4.78 is 0. The van der Waals surface area contributed by atoms with Crippen LogP contribution in [0.25, 0.3) is 0 Å². The minimum Gasteiger partial charge on any atom is -0.338 e. The number of nitrogens with zero attached hydrogens (tertiary/aromatic N) is 3. The molecular weight excluding hydrogens is 206 g/mol. The van der Waals surface area contributed by atoms with Gasteiger partial charge in [0.2, 0.25) is 5.91 Å². The molecule has 1 aliphatic heterocycles. The standard InChI is InChI=1S/C10H17N5O/c1-7-3-11-4-8(7)10(16)15(2)5-9-12-6-13-14-9/h6-8,11H,3-5H2,1-2H3,(H,12,13,14)/t7-,8-/m1/s1. The average molecular weight is 223 g/mol. The van der Waals surface area contributed by atoms with Crippen LogP contribution in [0.4, 0.5) is 0 Å². The van der Waals surface area contributed by atoms with Crippen LogP contribution in [0, 0.1) is 11.8 Å². The van der Waals surface area contributed by atoms with Crippen LogP contribution < -0.4 is 5.32 Å². The third-order valence-corrected chi connectivity index (χ3v) is 3.06. The molecule has 2 N–H and O–H groups in total. The molecule has 1 amide bonds. The van der Waals surface area contributed by atoms with Gasteiger partial charge in [0.1, 0.15) is 12.2 Å². The summed E-state index contributed by atoms with van der Waals surface area (Å²) in [4.78, 5) is 17.8. The fourth-order valence-electron chi connectivity index (χ4n) is 2.03.